The fourth-order valence-corrected chi connectivity index (χ4v) is 4.31. The van der Waals surface area contributed by atoms with Crippen molar-refractivity contribution in [2.75, 3.05) is 20.1 Å². The summed E-state index contributed by atoms with van der Waals surface area (Å²) in [6.07, 6.45) is 0. The van der Waals surface area contributed by atoms with E-state index in [1.54, 1.807) is 38.1 Å². The maximum atomic E-state index is 13.1. The van der Waals surface area contributed by atoms with Crippen LogP contribution in [0.15, 0.2) is 53.4 Å². The number of amides is 2. The molecule has 2 rings (SSSR count). The molecule has 0 aromatic heterocycles. The Labute approximate surface area is 193 Å². The number of hydrogen-bond donors (Lipinski definition) is 1. The molecule has 0 fully saturated rings. The molecule has 0 radical (unpaired) electrons. The van der Waals surface area contributed by atoms with Gasteiger partial charge >= 0.3 is 0 Å². The van der Waals surface area contributed by atoms with E-state index in [1.165, 1.54) is 36.2 Å². The van der Waals surface area contributed by atoms with E-state index >= 15 is 0 Å². The number of halogens is 2. The molecule has 2 aromatic rings. The minimum atomic E-state index is -3.92. The van der Waals surface area contributed by atoms with Crippen LogP contribution in [0, 0.1) is 0 Å². The third-order valence-electron chi connectivity index (χ3n) is 4.70. The molecule has 7 nitrogen and oxygen atoms in total. The van der Waals surface area contributed by atoms with Gasteiger partial charge in [0.05, 0.1) is 11.4 Å². The van der Waals surface area contributed by atoms with Gasteiger partial charge in [0.25, 0.3) is 0 Å². The highest BCUT2D eigenvalue weighted by Crippen LogP contribution is 2.20. The summed E-state index contributed by atoms with van der Waals surface area (Å²) in [7, 11) is -2.61. The van der Waals surface area contributed by atoms with Crippen LogP contribution in [0.25, 0.3) is 0 Å². The highest BCUT2D eigenvalue weighted by Gasteiger charge is 2.30. The molecule has 0 bridgehead atoms. The highest BCUT2D eigenvalue weighted by molar-refractivity contribution is 7.89. The Morgan fingerprint density at radius 1 is 1.06 bits per heavy atom. The van der Waals surface area contributed by atoms with E-state index < -0.39 is 28.5 Å². The van der Waals surface area contributed by atoms with Crippen molar-refractivity contribution in [1.82, 2.24) is 14.5 Å². The van der Waals surface area contributed by atoms with Crippen LogP contribution in [0.1, 0.15) is 19.4 Å². The van der Waals surface area contributed by atoms with Gasteiger partial charge in [0, 0.05) is 30.2 Å². The second-order valence-corrected chi connectivity index (χ2v) is 9.79. The van der Waals surface area contributed by atoms with Crippen molar-refractivity contribution in [2.24, 2.45) is 0 Å². The molecule has 0 saturated heterocycles. The summed E-state index contributed by atoms with van der Waals surface area (Å²) in [6, 6.07) is 11.8. The van der Waals surface area contributed by atoms with Crippen molar-refractivity contribution in [2.45, 2.75) is 31.3 Å². The van der Waals surface area contributed by atoms with E-state index in [1.807, 2.05) is 0 Å². The Balaban J connectivity index is 2.28. The molecule has 31 heavy (non-hydrogen) atoms. The molecular weight excluding hydrogens is 461 g/mol. The molecule has 0 aliphatic carbocycles. The predicted octanol–water partition coefficient (Wildman–Crippen LogP) is 3.17. The van der Waals surface area contributed by atoms with Crippen molar-refractivity contribution in [3.8, 4) is 0 Å². The quantitative estimate of drug-likeness (QED) is 0.590. The molecule has 1 atom stereocenters. The minimum Gasteiger partial charge on any atom is -0.355 e. The third kappa shape index (κ3) is 6.43. The topological polar surface area (TPSA) is 86.8 Å². The molecule has 0 saturated carbocycles. The Morgan fingerprint density at radius 3 is 2.26 bits per heavy atom. The fourth-order valence-electron chi connectivity index (χ4n) is 2.87. The number of rotatable bonds is 9. The first-order chi connectivity index (χ1) is 14.6. The van der Waals surface area contributed by atoms with E-state index in [9.17, 15) is 18.0 Å². The van der Waals surface area contributed by atoms with Crippen LogP contribution in [0.2, 0.25) is 10.0 Å². The van der Waals surface area contributed by atoms with Crippen LogP contribution in [0.3, 0.4) is 0 Å². The Kier molecular flexibility index (Phi) is 8.88. The highest BCUT2D eigenvalue weighted by atomic mass is 35.5. The summed E-state index contributed by atoms with van der Waals surface area (Å²) in [5.74, 6) is -0.871. The fraction of sp³-hybridized carbons (Fsp3) is 0.333. The smallest absolute Gasteiger partial charge is 0.243 e. The van der Waals surface area contributed by atoms with Crippen molar-refractivity contribution in [3.63, 3.8) is 0 Å². The first-order valence-electron chi connectivity index (χ1n) is 9.60. The zero-order valence-corrected chi connectivity index (χ0v) is 19.8. The van der Waals surface area contributed by atoms with Crippen molar-refractivity contribution < 1.29 is 18.0 Å². The molecular formula is C21H25Cl2N3O4S. The first kappa shape index (κ1) is 25.1. The van der Waals surface area contributed by atoms with Crippen LogP contribution in [0.4, 0.5) is 0 Å². The second-order valence-electron chi connectivity index (χ2n) is 6.90. The van der Waals surface area contributed by atoms with Crippen LogP contribution < -0.4 is 5.32 Å². The maximum absolute atomic E-state index is 13.1. The maximum Gasteiger partial charge on any atom is 0.243 e. The number of benzene rings is 2. The number of carbonyl (C=O) groups is 2. The normalized spacial score (nSPS) is 12.5. The summed E-state index contributed by atoms with van der Waals surface area (Å²) < 4.78 is 26.6. The van der Waals surface area contributed by atoms with Gasteiger partial charge in [0.2, 0.25) is 21.8 Å². The SMILES string of the molecule is CCNC(=O)[C@H](C)N(Cc1ccccc1Cl)C(=O)CN(C)S(=O)(=O)c1ccc(Cl)cc1. The minimum absolute atomic E-state index is 0.0154. The van der Waals surface area contributed by atoms with E-state index in [-0.39, 0.29) is 17.3 Å². The Bertz CT molecular complexity index is 1030. The average molecular weight is 486 g/mol. The molecule has 0 spiro atoms. The van der Waals surface area contributed by atoms with Gasteiger partial charge in [0.15, 0.2) is 0 Å². The number of likely N-dealkylation sites (N-methyl/N-ethyl adjacent to an activating group) is 2. The largest absolute Gasteiger partial charge is 0.355 e. The predicted molar refractivity (Wildman–Crippen MR) is 121 cm³/mol. The van der Waals surface area contributed by atoms with Gasteiger partial charge < -0.3 is 10.2 Å². The molecule has 2 aromatic carbocycles. The van der Waals surface area contributed by atoms with Crippen molar-refractivity contribution >= 4 is 45.0 Å². The number of nitrogens with one attached hydrogen (secondary N) is 1. The Morgan fingerprint density at radius 2 is 1.68 bits per heavy atom. The molecule has 10 heteroatoms. The Hall–Kier alpha value is -2.13. The summed E-state index contributed by atoms with van der Waals surface area (Å²) in [6.45, 7) is 3.39. The van der Waals surface area contributed by atoms with Gasteiger partial charge in [-0.2, -0.15) is 4.31 Å². The lowest BCUT2D eigenvalue weighted by atomic mass is 10.1. The number of sulfonamides is 1. The molecule has 0 aliphatic rings. The number of carbonyl (C=O) groups excluding carboxylic acids is 2. The van der Waals surface area contributed by atoms with Crippen LogP contribution in [0.5, 0.6) is 0 Å². The molecule has 168 valence electrons. The van der Waals surface area contributed by atoms with Gasteiger partial charge in [0.1, 0.15) is 6.04 Å². The summed E-state index contributed by atoms with van der Waals surface area (Å²) >= 11 is 12.1. The third-order valence-corrected chi connectivity index (χ3v) is 7.13. The van der Waals surface area contributed by atoms with Gasteiger partial charge in [-0.25, -0.2) is 8.42 Å². The monoisotopic (exact) mass is 485 g/mol. The number of nitrogens with zero attached hydrogens (tertiary/aromatic N) is 2. The van der Waals surface area contributed by atoms with Crippen LogP contribution in [-0.4, -0.2) is 55.6 Å². The molecule has 0 unspecified atom stereocenters. The number of hydrogen-bond acceptors (Lipinski definition) is 4. The van der Waals surface area contributed by atoms with Gasteiger partial charge in [-0.05, 0) is 49.7 Å². The van der Waals surface area contributed by atoms with Gasteiger partial charge in [-0.15, -0.1) is 0 Å². The van der Waals surface area contributed by atoms with E-state index in [0.29, 0.717) is 22.2 Å². The average Bonchev–Trinajstić information content (AvgIpc) is 2.73. The zero-order valence-electron chi connectivity index (χ0n) is 17.5. The second kappa shape index (κ2) is 10.9. The van der Waals surface area contributed by atoms with E-state index in [2.05, 4.69) is 5.32 Å². The van der Waals surface area contributed by atoms with Crippen molar-refractivity contribution in [3.05, 3.63) is 64.1 Å². The lowest BCUT2D eigenvalue weighted by molar-refractivity contribution is -0.140. The zero-order chi connectivity index (χ0) is 23.2. The molecule has 1 N–H and O–H groups in total. The molecule has 2 amide bonds. The first-order valence-corrected chi connectivity index (χ1v) is 11.8. The van der Waals surface area contributed by atoms with Gasteiger partial charge in [-0.1, -0.05) is 41.4 Å². The summed E-state index contributed by atoms with van der Waals surface area (Å²) in [4.78, 5) is 26.9. The van der Waals surface area contributed by atoms with E-state index in [0.717, 1.165) is 4.31 Å². The van der Waals surface area contributed by atoms with Gasteiger partial charge in [-0.3, -0.25) is 9.59 Å². The molecule has 0 heterocycles. The van der Waals surface area contributed by atoms with Crippen LogP contribution in [-0.2, 0) is 26.2 Å². The lowest BCUT2D eigenvalue weighted by Crippen LogP contribution is -2.50. The van der Waals surface area contributed by atoms with Crippen LogP contribution >= 0.6 is 23.2 Å². The van der Waals surface area contributed by atoms with E-state index in [4.69, 9.17) is 23.2 Å². The standard InChI is InChI=1S/C21H25Cl2N3O4S/c1-4-24-21(28)15(2)26(13-16-7-5-6-8-19(16)23)20(27)14-25(3)31(29,30)18-11-9-17(22)10-12-18/h5-12,15H,4,13-14H2,1-3H3,(H,24,28)/t15-/m0/s1. The van der Waals surface area contributed by atoms with Crippen molar-refractivity contribution in [1.29, 1.82) is 0 Å². The summed E-state index contributed by atoms with van der Waals surface area (Å²) in [5, 5.41) is 3.54. The molecule has 0 aliphatic heterocycles. The summed E-state index contributed by atoms with van der Waals surface area (Å²) in [5.41, 5.74) is 0.650. The lowest BCUT2D eigenvalue weighted by Gasteiger charge is -2.30.